The maximum Gasteiger partial charge on any atom is 0.149 e. The number of nitrogen functional groups attached to an aromatic ring is 1. The number of hydrogen-bond donors (Lipinski definition) is 3. The van der Waals surface area contributed by atoms with Gasteiger partial charge in [0.05, 0.1) is 17.4 Å². The summed E-state index contributed by atoms with van der Waals surface area (Å²) in [6, 6.07) is 12.8. The zero-order valence-electron chi connectivity index (χ0n) is 10.2. The molecular weight excluding hydrogens is 240 g/mol. The highest BCUT2D eigenvalue weighted by Crippen LogP contribution is 2.18. The van der Waals surface area contributed by atoms with Crippen LogP contribution < -0.4 is 11.1 Å². The van der Waals surface area contributed by atoms with Crippen LogP contribution in [0.25, 0.3) is 0 Å². The lowest BCUT2D eigenvalue weighted by Gasteiger charge is -2.13. The minimum absolute atomic E-state index is 0.299. The van der Waals surface area contributed by atoms with Crippen LogP contribution in [0.5, 0.6) is 0 Å². The molecule has 19 heavy (non-hydrogen) atoms. The van der Waals surface area contributed by atoms with Crippen LogP contribution >= 0.6 is 0 Å². The van der Waals surface area contributed by atoms with Crippen LogP contribution in [0.1, 0.15) is 17.2 Å². The van der Waals surface area contributed by atoms with Crippen molar-refractivity contribution in [2.24, 2.45) is 0 Å². The van der Waals surface area contributed by atoms with Gasteiger partial charge in [-0.1, -0.05) is 30.3 Å². The quantitative estimate of drug-likeness (QED) is 0.771. The van der Waals surface area contributed by atoms with Crippen molar-refractivity contribution in [1.29, 1.82) is 5.26 Å². The average molecular weight is 254 g/mol. The summed E-state index contributed by atoms with van der Waals surface area (Å²) in [5.74, 6) is 0.467. The number of aromatic nitrogens is 1. The van der Waals surface area contributed by atoms with Crippen molar-refractivity contribution in [2.75, 3.05) is 17.6 Å². The van der Waals surface area contributed by atoms with Crippen LogP contribution in [0.4, 0.5) is 11.5 Å². The molecule has 0 saturated heterocycles. The number of rotatable bonds is 4. The lowest BCUT2D eigenvalue weighted by atomic mass is 10.1. The van der Waals surface area contributed by atoms with E-state index in [9.17, 15) is 5.11 Å². The summed E-state index contributed by atoms with van der Waals surface area (Å²) in [6.07, 6.45) is 0.797. The van der Waals surface area contributed by atoms with Crippen LogP contribution in [-0.4, -0.2) is 16.6 Å². The van der Waals surface area contributed by atoms with Gasteiger partial charge in [0.15, 0.2) is 0 Å². The predicted octanol–water partition coefficient (Wildman–Crippen LogP) is 1.68. The van der Waals surface area contributed by atoms with Gasteiger partial charge in [0.1, 0.15) is 11.9 Å². The summed E-state index contributed by atoms with van der Waals surface area (Å²) in [5.41, 5.74) is 7.38. The molecule has 2 aromatic rings. The van der Waals surface area contributed by atoms with E-state index in [1.807, 2.05) is 36.4 Å². The highest BCUT2D eigenvalue weighted by atomic mass is 16.3. The number of aliphatic hydroxyl groups is 1. The Balaban J connectivity index is 2.01. The predicted molar refractivity (Wildman–Crippen MR) is 73.3 cm³/mol. The molecule has 0 spiro atoms. The molecule has 5 heteroatoms. The molecule has 5 nitrogen and oxygen atoms in total. The van der Waals surface area contributed by atoms with Crippen molar-refractivity contribution in [1.82, 2.24) is 4.98 Å². The zero-order chi connectivity index (χ0) is 13.7. The summed E-state index contributed by atoms with van der Waals surface area (Å²) < 4.78 is 0. The normalized spacial score (nSPS) is 11.6. The molecule has 1 atom stereocenters. The summed E-state index contributed by atoms with van der Waals surface area (Å²) in [7, 11) is 0. The van der Waals surface area contributed by atoms with E-state index in [1.165, 1.54) is 6.20 Å². The molecule has 0 amide bonds. The van der Waals surface area contributed by atoms with Gasteiger partial charge in [-0.3, -0.25) is 0 Å². The molecule has 0 fully saturated rings. The summed E-state index contributed by atoms with van der Waals surface area (Å²) in [6.45, 7) is 0.299. The van der Waals surface area contributed by atoms with Crippen molar-refractivity contribution < 1.29 is 5.11 Å². The molecule has 1 heterocycles. The fraction of sp³-hybridized carbons (Fsp3) is 0.143. The first-order valence-corrected chi connectivity index (χ1v) is 5.83. The highest BCUT2D eigenvalue weighted by molar-refractivity contribution is 5.63. The van der Waals surface area contributed by atoms with E-state index in [2.05, 4.69) is 10.3 Å². The van der Waals surface area contributed by atoms with Crippen LogP contribution in [0, 0.1) is 11.3 Å². The van der Waals surface area contributed by atoms with Gasteiger partial charge in [-0.15, -0.1) is 0 Å². The molecule has 96 valence electrons. The topological polar surface area (TPSA) is 95.0 Å². The van der Waals surface area contributed by atoms with Gasteiger partial charge in [0, 0.05) is 12.7 Å². The van der Waals surface area contributed by atoms with Crippen molar-refractivity contribution in [3.8, 4) is 6.07 Å². The third-order valence-corrected chi connectivity index (χ3v) is 2.69. The number of nitrogens with two attached hydrogens (primary N) is 1. The van der Waals surface area contributed by atoms with Gasteiger partial charge in [-0.05, 0) is 11.6 Å². The number of pyridine rings is 1. The van der Waals surface area contributed by atoms with E-state index in [0.29, 0.717) is 23.6 Å². The Bertz CT molecular complexity index is 592. The Labute approximate surface area is 111 Å². The van der Waals surface area contributed by atoms with Crippen LogP contribution in [0.2, 0.25) is 0 Å². The van der Waals surface area contributed by atoms with E-state index in [1.54, 1.807) is 6.07 Å². The van der Waals surface area contributed by atoms with Crippen LogP contribution in [-0.2, 0) is 0 Å². The standard InChI is InChI=1S/C14H14N4O/c15-7-10-6-12(16)14(17-8-10)18-9-13(19)11-4-2-1-3-5-11/h1-6,8,13,19H,9,16H2,(H,17,18). The van der Waals surface area contributed by atoms with Crippen LogP contribution in [0.3, 0.4) is 0 Å². The molecule has 0 saturated carbocycles. The molecule has 4 N–H and O–H groups in total. The number of anilines is 2. The monoisotopic (exact) mass is 254 g/mol. The number of benzene rings is 1. The van der Waals surface area contributed by atoms with E-state index < -0.39 is 6.10 Å². The van der Waals surface area contributed by atoms with Crippen molar-refractivity contribution in [2.45, 2.75) is 6.10 Å². The van der Waals surface area contributed by atoms with Crippen molar-refractivity contribution in [3.63, 3.8) is 0 Å². The summed E-state index contributed by atoms with van der Waals surface area (Å²) in [5, 5.41) is 21.7. The Kier molecular flexibility index (Phi) is 3.96. The van der Waals surface area contributed by atoms with E-state index in [-0.39, 0.29) is 0 Å². The fourth-order valence-corrected chi connectivity index (χ4v) is 1.68. The van der Waals surface area contributed by atoms with Gasteiger partial charge in [-0.2, -0.15) is 5.26 Å². The summed E-state index contributed by atoms with van der Waals surface area (Å²) in [4.78, 5) is 4.04. The molecule has 2 rings (SSSR count). The summed E-state index contributed by atoms with van der Waals surface area (Å²) >= 11 is 0. The van der Waals surface area contributed by atoms with Gasteiger partial charge in [0.25, 0.3) is 0 Å². The number of hydrogen-bond acceptors (Lipinski definition) is 5. The van der Waals surface area contributed by atoms with E-state index >= 15 is 0 Å². The minimum atomic E-state index is -0.641. The van der Waals surface area contributed by atoms with Crippen molar-refractivity contribution in [3.05, 3.63) is 53.7 Å². The second kappa shape index (κ2) is 5.85. The second-order valence-corrected chi connectivity index (χ2v) is 4.08. The first kappa shape index (κ1) is 12.9. The molecular formula is C14H14N4O. The largest absolute Gasteiger partial charge is 0.396 e. The zero-order valence-corrected chi connectivity index (χ0v) is 10.2. The Morgan fingerprint density at radius 3 is 2.74 bits per heavy atom. The Hall–Kier alpha value is -2.58. The van der Waals surface area contributed by atoms with Gasteiger partial charge in [0.2, 0.25) is 0 Å². The van der Waals surface area contributed by atoms with Gasteiger partial charge in [-0.25, -0.2) is 4.98 Å². The first-order valence-electron chi connectivity index (χ1n) is 5.83. The minimum Gasteiger partial charge on any atom is -0.396 e. The molecule has 0 radical (unpaired) electrons. The van der Waals surface area contributed by atoms with Gasteiger partial charge < -0.3 is 16.2 Å². The lowest BCUT2D eigenvalue weighted by molar-refractivity contribution is 0.191. The van der Waals surface area contributed by atoms with Gasteiger partial charge >= 0.3 is 0 Å². The SMILES string of the molecule is N#Cc1cnc(NCC(O)c2ccccc2)c(N)c1. The van der Waals surface area contributed by atoms with E-state index in [0.717, 1.165) is 5.56 Å². The third-order valence-electron chi connectivity index (χ3n) is 2.69. The average Bonchev–Trinajstić information content (AvgIpc) is 2.46. The molecule has 1 aromatic heterocycles. The fourth-order valence-electron chi connectivity index (χ4n) is 1.68. The highest BCUT2D eigenvalue weighted by Gasteiger charge is 2.08. The maximum atomic E-state index is 9.99. The molecule has 0 aliphatic heterocycles. The maximum absolute atomic E-state index is 9.99. The third kappa shape index (κ3) is 3.21. The van der Waals surface area contributed by atoms with Crippen molar-refractivity contribution >= 4 is 11.5 Å². The molecule has 1 unspecified atom stereocenters. The van der Waals surface area contributed by atoms with E-state index in [4.69, 9.17) is 11.0 Å². The Morgan fingerprint density at radius 2 is 2.11 bits per heavy atom. The number of nitriles is 1. The number of nitrogens with one attached hydrogen (secondary N) is 1. The molecule has 0 aliphatic rings. The Morgan fingerprint density at radius 1 is 1.37 bits per heavy atom. The molecule has 0 aliphatic carbocycles. The smallest absolute Gasteiger partial charge is 0.149 e. The van der Waals surface area contributed by atoms with Crippen LogP contribution in [0.15, 0.2) is 42.6 Å². The number of aliphatic hydroxyl groups excluding tert-OH is 1. The molecule has 0 bridgehead atoms. The first-order chi connectivity index (χ1) is 9.20. The second-order valence-electron chi connectivity index (χ2n) is 4.08. The number of nitrogens with zero attached hydrogens (tertiary/aromatic N) is 2. The lowest BCUT2D eigenvalue weighted by Crippen LogP contribution is -2.14. The molecule has 1 aromatic carbocycles.